The molecule has 0 aliphatic heterocycles. The van der Waals surface area contributed by atoms with Crippen molar-refractivity contribution < 1.29 is 0 Å². The summed E-state index contributed by atoms with van der Waals surface area (Å²) < 4.78 is 4.02. The van der Waals surface area contributed by atoms with Gasteiger partial charge in [-0.15, -0.1) is 11.3 Å². The summed E-state index contributed by atoms with van der Waals surface area (Å²) in [5, 5.41) is 9.96. The van der Waals surface area contributed by atoms with Crippen molar-refractivity contribution in [1.82, 2.24) is 24.5 Å². The van der Waals surface area contributed by atoms with Gasteiger partial charge in [-0.25, -0.2) is 4.98 Å². The van der Waals surface area contributed by atoms with E-state index < -0.39 is 0 Å². The van der Waals surface area contributed by atoms with Gasteiger partial charge in [-0.3, -0.25) is 9.08 Å². The van der Waals surface area contributed by atoms with Crippen LogP contribution in [0, 0.1) is 13.8 Å². The Morgan fingerprint density at radius 3 is 2.80 bits per heavy atom. The summed E-state index contributed by atoms with van der Waals surface area (Å²) in [6.45, 7) is 4.18. The van der Waals surface area contributed by atoms with E-state index in [4.69, 9.17) is 0 Å². The van der Waals surface area contributed by atoms with Crippen molar-refractivity contribution in [1.29, 1.82) is 0 Å². The average molecular weight is 289 g/mol. The first kappa shape index (κ1) is 13.3. The van der Waals surface area contributed by atoms with Crippen LogP contribution in [0.25, 0.3) is 4.96 Å². The normalized spacial score (nSPS) is 13.2. The van der Waals surface area contributed by atoms with Gasteiger partial charge >= 0.3 is 0 Å². The van der Waals surface area contributed by atoms with Gasteiger partial charge in [0.25, 0.3) is 0 Å². The molecule has 3 aromatic rings. The fraction of sp³-hybridized carbons (Fsp3) is 0.429. The van der Waals surface area contributed by atoms with Gasteiger partial charge in [-0.1, -0.05) is 0 Å². The third-order valence-corrected chi connectivity index (χ3v) is 4.59. The molecule has 106 valence electrons. The Bertz CT molecular complexity index is 707. The van der Waals surface area contributed by atoms with Gasteiger partial charge in [0.15, 0.2) is 4.96 Å². The van der Waals surface area contributed by atoms with Crippen molar-refractivity contribution in [2.45, 2.75) is 26.3 Å². The van der Waals surface area contributed by atoms with Crippen LogP contribution in [0.5, 0.6) is 0 Å². The third kappa shape index (κ3) is 2.14. The number of nitrogens with zero attached hydrogens (tertiary/aromatic N) is 4. The summed E-state index contributed by atoms with van der Waals surface area (Å²) in [6.07, 6.45) is 5.03. The molecule has 0 bridgehead atoms. The number of rotatable bonds is 4. The molecule has 0 aliphatic rings. The maximum absolute atomic E-state index is 4.67. The molecule has 3 aromatic heterocycles. The molecule has 1 unspecified atom stereocenters. The molecule has 0 saturated heterocycles. The molecule has 3 heterocycles. The lowest BCUT2D eigenvalue weighted by molar-refractivity contribution is 0.578. The van der Waals surface area contributed by atoms with Gasteiger partial charge in [0.1, 0.15) is 0 Å². The fourth-order valence-electron chi connectivity index (χ4n) is 2.73. The van der Waals surface area contributed by atoms with Crippen LogP contribution in [0.15, 0.2) is 17.8 Å². The first-order valence-electron chi connectivity index (χ1n) is 6.68. The summed E-state index contributed by atoms with van der Waals surface area (Å²) >= 11 is 1.66. The minimum Gasteiger partial charge on any atom is -0.313 e. The molecule has 1 atom stereocenters. The lowest BCUT2D eigenvalue weighted by atomic mass is 10.0. The van der Waals surface area contributed by atoms with Gasteiger partial charge in [0.05, 0.1) is 11.4 Å². The highest BCUT2D eigenvalue weighted by atomic mass is 32.1. The average Bonchev–Trinajstić information content (AvgIpc) is 3.03. The molecular formula is C14H19N5S. The van der Waals surface area contributed by atoms with Gasteiger partial charge in [-0.05, 0) is 20.9 Å². The number of hydrogen-bond donors (Lipinski definition) is 1. The lowest BCUT2D eigenvalue weighted by Gasteiger charge is -2.15. The van der Waals surface area contributed by atoms with Crippen LogP contribution in [0.2, 0.25) is 0 Å². The van der Waals surface area contributed by atoms with Crippen LogP contribution in [0.3, 0.4) is 0 Å². The molecule has 0 aliphatic carbocycles. The number of nitrogens with one attached hydrogen (secondary N) is 1. The van der Waals surface area contributed by atoms with Crippen LogP contribution in [0.4, 0.5) is 0 Å². The highest BCUT2D eigenvalue weighted by molar-refractivity contribution is 7.15. The van der Waals surface area contributed by atoms with Crippen LogP contribution < -0.4 is 5.32 Å². The van der Waals surface area contributed by atoms with E-state index in [-0.39, 0.29) is 6.04 Å². The van der Waals surface area contributed by atoms with E-state index >= 15 is 0 Å². The van der Waals surface area contributed by atoms with E-state index in [1.165, 1.54) is 11.3 Å². The molecule has 0 spiro atoms. The van der Waals surface area contributed by atoms with Crippen molar-refractivity contribution in [2.24, 2.45) is 7.05 Å². The van der Waals surface area contributed by atoms with Gasteiger partial charge < -0.3 is 5.32 Å². The van der Waals surface area contributed by atoms with Crippen LogP contribution in [-0.4, -0.2) is 26.2 Å². The Morgan fingerprint density at radius 1 is 1.40 bits per heavy atom. The van der Waals surface area contributed by atoms with Crippen LogP contribution >= 0.6 is 11.3 Å². The molecule has 0 radical (unpaired) electrons. The zero-order valence-corrected chi connectivity index (χ0v) is 13.0. The number of aromatic nitrogens is 4. The van der Waals surface area contributed by atoms with Crippen LogP contribution in [0.1, 0.15) is 28.7 Å². The molecular weight excluding hydrogens is 270 g/mol. The fourth-order valence-corrected chi connectivity index (χ4v) is 3.45. The zero-order valence-electron chi connectivity index (χ0n) is 12.2. The van der Waals surface area contributed by atoms with E-state index in [1.807, 2.05) is 25.0 Å². The largest absolute Gasteiger partial charge is 0.313 e. The zero-order chi connectivity index (χ0) is 14.3. The minimum absolute atomic E-state index is 0.244. The molecule has 0 saturated carbocycles. The number of aryl methyl sites for hydroxylation is 2. The highest BCUT2D eigenvalue weighted by Crippen LogP contribution is 2.24. The predicted octanol–water partition coefficient (Wildman–Crippen LogP) is 2.25. The van der Waals surface area contributed by atoms with Gasteiger partial charge in [0.2, 0.25) is 0 Å². The molecule has 0 fully saturated rings. The molecule has 5 nitrogen and oxygen atoms in total. The van der Waals surface area contributed by atoms with E-state index in [2.05, 4.69) is 45.2 Å². The Kier molecular flexibility index (Phi) is 3.35. The van der Waals surface area contributed by atoms with Crippen molar-refractivity contribution in [2.75, 3.05) is 7.05 Å². The second kappa shape index (κ2) is 5.03. The molecule has 1 N–H and O–H groups in total. The van der Waals surface area contributed by atoms with Crippen molar-refractivity contribution >= 4 is 16.3 Å². The topological polar surface area (TPSA) is 47.1 Å². The maximum Gasteiger partial charge on any atom is 0.193 e. The standard InChI is InChI=1S/C14H19N5S/c1-9-13(10(2)18(4)17-9)12(15-3)7-11-8-19-5-6-20-14(19)16-11/h5-6,8,12,15H,7H2,1-4H3. The third-order valence-electron chi connectivity index (χ3n) is 3.82. The highest BCUT2D eigenvalue weighted by Gasteiger charge is 2.20. The minimum atomic E-state index is 0.244. The molecule has 3 rings (SSSR count). The number of imidazole rings is 1. The number of thiazole rings is 1. The van der Waals surface area contributed by atoms with E-state index in [1.54, 1.807) is 11.3 Å². The van der Waals surface area contributed by atoms with Crippen molar-refractivity contribution in [3.8, 4) is 0 Å². The van der Waals surface area contributed by atoms with Crippen molar-refractivity contribution in [3.05, 3.63) is 40.4 Å². The Morgan fingerprint density at radius 2 is 2.20 bits per heavy atom. The SMILES string of the molecule is CNC(Cc1cn2ccsc2n1)c1c(C)nn(C)c1C. The monoisotopic (exact) mass is 289 g/mol. The van der Waals surface area contributed by atoms with E-state index in [9.17, 15) is 0 Å². The Labute approximate surface area is 122 Å². The first-order valence-corrected chi connectivity index (χ1v) is 7.56. The molecule has 6 heteroatoms. The Balaban J connectivity index is 1.92. The van der Waals surface area contributed by atoms with Gasteiger partial charge in [0, 0.05) is 48.5 Å². The van der Waals surface area contributed by atoms with Crippen LogP contribution in [-0.2, 0) is 13.5 Å². The Hall–Kier alpha value is -1.66. The first-order chi connectivity index (χ1) is 9.60. The molecule has 20 heavy (non-hydrogen) atoms. The van der Waals surface area contributed by atoms with E-state index in [0.29, 0.717) is 0 Å². The number of fused-ring (bicyclic) bond motifs is 1. The summed E-state index contributed by atoms with van der Waals surface area (Å²) in [5.74, 6) is 0. The summed E-state index contributed by atoms with van der Waals surface area (Å²) in [5.41, 5.74) is 4.69. The lowest BCUT2D eigenvalue weighted by Crippen LogP contribution is -2.20. The van der Waals surface area contributed by atoms with E-state index in [0.717, 1.165) is 22.8 Å². The number of likely N-dealkylation sites (N-methyl/N-ethyl adjacent to an activating group) is 1. The number of hydrogen-bond acceptors (Lipinski definition) is 4. The maximum atomic E-state index is 4.67. The van der Waals surface area contributed by atoms with Crippen molar-refractivity contribution in [3.63, 3.8) is 0 Å². The second-order valence-electron chi connectivity index (χ2n) is 5.08. The smallest absolute Gasteiger partial charge is 0.193 e. The quantitative estimate of drug-likeness (QED) is 0.801. The second-order valence-corrected chi connectivity index (χ2v) is 5.95. The summed E-state index contributed by atoms with van der Waals surface area (Å²) in [4.78, 5) is 5.72. The molecule has 0 aromatic carbocycles. The predicted molar refractivity (Wildman–Crippen MR) is 81.3 cm³/mol. The summed E-state index contributed by atoms with van der Waals surface area (Å²) in [6, 6.07) is 0.244. The molecule has 0 amide bonds. The summed E-state index contributed by atoms with van der Waals surface area (Å²) in [7, 11) is 3.99. The van der Waals surface area contributed by atoms with Gasteiger partial charge in [-0.2, -0.15) is 5.10 Å².